The third-order valence-corrected chi connectivity index (χ3v) is 5.77. The molecule has 0 radical (unpaired) electrons. The van der Waals surface area contributed by atoms with Crippen LogP contribution >= 0.6 is 0 Å². The third kappa shape index (κ3) is 2.41. The number of benzene rings is 1. The molecule has 3 fully saturated rings. The number of nitrogens with zero attached hydrogens (tertiary/aromatic N) is 1. The number of aromatic carboxylic acids is 1. The fourth-order valence-electron chi connectivity index (χ4n) is 4.53. The van der Waals surface area contributed by atoms with Crippen molar-refractivity contribution in [3.05, 3.63) is 65.0 Å². The van der Waals surface area contributed by atoms with E-state index in [2.05, 4.69) is 4.98 Å². The van der Waals surface area contributed by atoms with Crippen LogP contribution in [0, 0.1) is 5.41 Å². The first-order valence-corrected chi connectivity index (χ1v) is 8.20. The Morgan fingerprint density at radius 1 is 1.15 bits per heavy atom. The van der Waals surface area contributed by atoms with Crippen LogP contribution in [-0.4, -0.2) is 21.2 Å². The number of hydrogen-bond acceptors (Lipinski definition) is 3. The van der Waals surface area contributed by atoms with Crippen molar-refractivity contribution in [1.82, 2.24) is 4.98 Å². The molecule has 1 heterocycles. The highest BCUT2D eigenvalue weighted by Crippen LogP contribution is 2.77. The number of carboxylic acid groups (broad SMARTS) is 1. The van der Waals surface area contributed by atoms with Gasteiger partial charge in [-0.15, -0.1) is 0 Å². The van der Waals surface area contributed by atoms with Gasteiger partial charge in [0.1, 0.15) is 5.69 Å². The smallest absolute Gasteiger partial charge is 0.433 e. The highest BCUT2D eigenvalue weighted by Gasteiger charge is 2.71. The lowest BCUT2D eigenvalue weighted by Gasteiger charge is -2.72. The maximum absolute atomic E-state index is 12.6. The van der Waals surface area contributed by atoms with Crippen molar-refractivity contribution in [2.45, 2.75) is 37.0 Å². The van der Waals surface area contributed by atoms with Crippen LogP contribution in [0.3, 0.4) is 0 Å². The van der Waals surface area contributed by atoms with Crippen molar-refractivity contribution < 1.29 is 28.2 Å². The average Bonchev–Trinajstić information content (AvgIpc) is 2.52. The zero-order valence-corrected chi connectivity index (χ0v) is 13.6. The van der Waals surface area contributed by atoms with E-state index < -0.39 is 23.9 Å². The van der Waals surface area contributed by atoms with Gasteiger partial charge >= 0.3 is 12.1 Å². The highest BCUT2D eigenvalue weighted by atomic mass is 19.4. The Hall–Kier alpha value is -2.41. The number of carbonyl (C=O) groups is 1. The van der Waals surface area contributed by atoms with Gasteiger partial charge in [-0.3, -0.25) is 4.98 Å². The minimum Gasteiger partial charge on any atom is -0.478 e. The fraction of sp³-hybridized carbons (Fsp3) is 0.368. The number of pyridine rings is 1. The summed E-state index contributed by atoms with van der Waals surface area (Å²) in [7, 11) is 0. The Morgan fingerprint density at radius 3 is 2.38 bits per heavy atom. The van der Waals surface area contributed by atoms with Crippen LogP contribution in [0.25, 0.3) is 0 Å². The lowest BCUT2D eigenvalue weighted by atomic mass is 9.31. The van der Waals surface area contributed by atoms with E-state index in [4.69, 9.17) is 5.11 Å². The van der Waals surface area contributed by atoms with Crippen molar-refractivity contribution in [2.75, 3.05) is 0 Å². The lowest BCUT2D eigenvalue weighted by molar-refractivity contribution is -0.210. The number of halogens is 3. The molecule has 2 bridgehead atoms. The predicted molar refractivity (Wildman–Crippen MR) is 85.6 cm³/mol. The van der Waals surface area contributed by atoms with Crippen LogP contribution < -0.4 is 0 Å². The SMILES string of the molecule is O=C(O)c1cccc(C23CC(C(O)c4ccc(C(F)(F)F)nc4)(C2)C3)c1. The second-order valence-corrected chi connectivity index (χ2v) is 7.44. The number of carboxylic acids is 1. The molecule has 1 aromatic carbocycles. The number of alkyl halides is 3. The Morgan fingerprint density at radius 2 is 1.85 bits per heavy atom. The van der Waals surface area contributed by atoms with E-state index in [1.807, 2.05) is 6.07 Å². The molecule has 3 aliphatic rings. The number of rotatable bonds is 4. The summed E-state index contributed by atoms with van der Waals surface area (Å²) in [5, 5.41) is 19.7. The number of hydrogen-bond donors (Lipinski definition) is 2. The van der Waals surface area contributed by atoms with Gasteiger partial charge in [-0.05, 0) is 54.0 Å². The molecule has 0 amide bonds. The molecule has 1 unspecified atom stereocenters. The third-order valence-electron chi connectivity index (χ3n) is 5.77. The van der Waals surface area contributed by atoms with Crippen LogP contribution in [0.2, 0.25) is 0 Å². The molecule has 3 saturated carbocycles. The minimum absolute atomic E-state index is 0.133. The molecule has 2 aromatic rings. The van der Waals surface area contributed by atoms with E-state index in [1.54, 1.807) is 12.1 Å². The summed E-state index contributed by atoms with van der Waals surface area (Å²) in [6, 6.07) is 8.96. The molecule has 0 saturated heterocycles. The molecule has 1 aromatic heterocycles. The molecule has 136 valence electrons. The predicted octanol–water partition coefficient (Wildman–Crippen LogP) is 3.95. The first-order chi connectivity index (χ1) is 12.2. The van der Waals surface area contributed by atoms with Gasteiger partial charge in [0, 0.05) is 11.6 Å². The summed E-state index contributed by atoms with van der Waals surface area (Å²) in [6.07, 6.45) is -2.23. The zero-order valence-electron chi connectivity index (χ0n) is 13.6. The van der Waals surface area contributed by atoms with Crippen molar-refractivity contribution >= 4 is 5.97 Å². The van der Waals surface area contributed by atoms with E-state index in [0.717, 1.165) is 17.8 Å². The summed E-state index contributed by atoms with van der Waals surface area (Å²) < 4.78 is 37.8. The Labute approximate surface area is 147 Å². The number of aliphatic hydroxyl groups excluding tert-OH is 1. The van der Waals surface area contributed by atoms with E-state index in [9.17, 15) is 23.1 Å². The van der Waals surface area contributed by atoms with Crippen molar-refractivity contribution in [3.63, 3.8) is 0 Å². The summed E-state index contributed by atoms with van der Waals surface area (Å²) in [5.41, 5.74) is 0.0799. The maximum Gasteiger partial charge on any atom is 0.433 e. The summed E-state index contributed by atoms with van der Waals surface area (Å²) in [6.45, 7) is 0. The van der Waals surface area contributed by atoms with Gasteiger partial charge in [0.25, 0.3) is 0 Å². The van der Waals surface area contributed by atoms with Gasteiger partial charge in [-0.2, -0.15) is 13.2 Å². The quantitative estimate of drug-likeness (QED) is 0.863. The second-order valence-electron chi connectivity index (χ2n) is 7.44. The first kappa shape index (κ1) is 17.0. The molecule has 3 aliphatic carbocycles. The fourth-order valence-corrected chi connectivity index (χ4v) is 4.53. The van der Waals surface area contributed by atoms with Gasteiger partial charge in [0.05, 0.1) is 11.7 Å². The molecule has 0 spiro atoms. The molecule has 4 nitrogen and oxygen atoms in total. The molecule has 26 heavy (non-hydrogen) atoms. The molecular formula is C19H16F3NO3. The normalized spacial score (nSPS) is 28.0. The van der Waals surface area contributed by atoms with E-state index in [-0.39, 0.29) is 16.4 Å². The van der Waals surface area contributed by atoms with Crippen LogP contribution in [0.4, 0.5) is 13.2 Å². The van der Waals surface area contributed by atoms with Crippen LogP contribution in [0.15, 0.2) is 42.6 Å². The van der Waals surface area contributed by atoms with Gasteiger partial charge in [0.2, 0.25) is 0 Å². The van der Waals surface area contributed by atoms with Crippen molar-refractivity contribution in [3.8, 4) is 0 Å². The molecule has 5 rings (SSSR count). The van der Waals surface area contributed by atoms with Crippen LogP contribution in [0.1, 0.15) is 52.5 Å². The summed E-state index contributed by atoms with van der Waals surface area (Å²) in [4.78, 5) is 14.5. The summed E-state index contributed by atoms with van der Waals surface area (Å²) in [5.74, 6) is -0.982. The molecule has 0 aliphatic heterocycles. The largest absolute Gasteiger partial charge is 0.478 e. The number of aliphatic hydroxyl groups is 1. The van der Waals surface area contributed by atoms with E-state index >= 15 is 0 Å². The van der Waals surface area contributed by atoms with Crippen LogP contribution in [0.5, 0.6) is 0 Å². The van der Waals surface area contributed by atoms with Gasteiger partial charge in [-0.1, -0.05) is 18.2 Å². The Balaban J connectivity index is 1.49. The number of aromatic nitrogens is 1. The molecule has 2 N–H and O–H groups in total. The Bertz CT molecular complexity index is 857. The zero-order chi connectivity index (χ0) is 18.7. The topological polar surface area (TPSA) is 70.4 Å². The maximum atomic E-state index is 12.6. The van der Waals surface area contributed by atoms with E-state index in [0.29, 0.717) is 24.8 Å². The minimum atomic E-state index is -4.50. The van der Waals surface area contributed by atoms with Gasteiger partial charge in [-0.25, -0.2) is 4.79 Å². The monoisotopic (exact) mass is 363 g/mol. The standard InChI is InChI=1S/C19H16F3NO3/c20-19(21,22)14-5-4-12(7-23-14)15(24)18-8-17(9-18,10-18)13-3-1-2-11(6-13)16(25)26/h1-7,15,24H,8-10H2,(H,25,26). The molecular weight excluding hydrogens is 347 g/mol. The molecule has 1 atom stereocenters. The lowest BCUT2D eigenvalue weighted by Crippen LogP contribution is -2.66. The highest BCUT2D eigenvalue weighted by molar-refractivity contribution is 5.87. The summed E-state index contributed by atoms with van der Waals surface area (Å²) >= 11 is 0. The van der Waals surface area contributed by atoms with Crippen LogP contribution in [-0.2, 0) is 11.6 Å². The van der Waals surface area contributed by atoms with E-state index in [1.165, 1.54) is 12.1 Å². The van der Waals surface area contributed by atoms with Crippen molar-refractivity contribution in [1.29, 1.82) is 0 Å². The first-order valence-electron chi connectivity index (χ1n) is 8.20. The average molecular weight is 363 g/mol. The molecule has 7 heteroatoms. The Kier molecular flexibility index (Phi) is 3.47. The van der Waals surface area contributed by atoms with Gasteiger partial charge in [0.15, 0.2) is 0 Å². The second kappa shape index (κ2) is 5.30. The van der Waals surface area contributed by atoms with Crippen molar-refractivity contribution in [2.24, 2.45) is 5.41 Å². The van der Waals surface area contributed by atoms with Gasteiger partial charge < -0.3 is 10.2 Å².